The van der Waals surface area contributed by atoms with Crippen molar-refractivity contribution in [1.29, 1.82) is 5.26 Å². The smallest absolute Gasteiger partial charge is 0.174 e. The minimum atomic E-state index is -0.169. The maximum absolute atomic E-state index is 9.01. The van der Waals surface area contributed by atoms with Crippen molar-refractivity contribution in [1.82, 2.24) is 0 Å². The predicted molar refractivity (Wildman–Crippen MR) is 60.9 cm³/mol. The first-order valence-electron chi connectivity index (χ1n) is 5.99. The third kappa shape index (κ3) is 1.36. The molecule has 3 unspecified atom stereocenters. The molecule has 0 bridgehead atoms. The van der Waals surface area contributed by atoms with Crippen molar-refractivity contribution in [3.8, 4) is 6.07 Å². The molecule has 1 saturated heterocycles. The number of rotatable bonds is 1. The zero-order valence-electron chi connectivity index (χ0n) is 9.23. The first kappa shape index (κ1) is 9.86. The maximum atomic E-state index is 9.01. The summed E-state index contributed by atoms with van der Waals surface area (Å²) in [5.41, 5.74) is 1.19. The predicted octanol–water partition coefficient (Wildman–Crippen LogP) is 3.01. The molecule has 1 aliphatic carbocycles. The second kappa shape index (κ2) is 3.61. The highest BCUT2D eigenvalue weighted by molar-refractivity contribution is 5.31. The molecule has 0 aromatic heterocycles. The van der Waals surface area contributed by atoms with Crippen LogP contribution in [0.2, 0.25) is 0 Å². The first-order valence-corrected chi connectivity index (χ1v) is 5.99. The Morgan fingerprint density at radius 2 is 2.06 bits per heavy atom. The monoisotopic (exact) mass is 213 g/mol. The van der Waals surface area contributed by atoms with E-state index < -0.39 is 0 Å². The van der Waals surface area contributed by atoms with Crippen LogP contribution in [-0.2, 0) is 4.74 Å². The highest BCUT2D eigenvalue weighted by atomic mass is 16.6. The molecule has 3 rings (SSSR count). The van der Waals surface area contributed by atoms with E-state index in [0.29, 0.717) is 5.92 Å². The zero-order valence-corrected chi connectivity index (χ0v) is 9.23. The number of benzene rings is 1. The summed E-state index contributed by atoms with van der Waals surface area (Å²) < 4.78 is 5.70. The highest BCUT2D eigenvalue weighted by Gasteiger charge is 2.62. The molecule has 0 N–H and O–H groups in total. The Hall–Kier alpha value is -1.33. The van der Waals surface area contributed by atoms with E-state index in [4.69, 9.17) is 10.00 Å². The minimum absolute atomic E-state index is 0.144. The molecule has 2 heteroatoms. The molecule has 1 saturated carbocycles. The van der Waals surface area contributed by atoms with Gasteiger partial charge in [-0.05, 0) is 18.4 Å². The molecule has 82 valence electrons. The van der Waals surface area contributed by atoms with E-state index in [1.807, 2.05) is 6.07 Å². The van der Waals surface area contributed by atoms with Crippen LogP contribution in [0.25, 0.3) is 0 Å². The van der Waals surface area contributed by atoms with Crippen molar-refractivity contribution in [2.24, 2.45) is 0 Å². The molecule has 3 atom stereocenters. The number of ether oxygens (including phenoxy) is 1. The van der Waals surface area contributed by atoms with Crippen LogP contribution in [-0.4, -0.2) is 11.7 Å². The van der Waals surface area contributed by atoms with Crippen LogP contribution in [0.1, 0.15) is 37.2 Å². The summed E-state index contributed by atoms with van der Waals surface area (Å²) in [5.74, 6) is 0.423. The van der Waals surface area contributed by atoms with Crippen LogP contribution in [0.3, 0.4) is 0 Å². The molecule has 1 aliphatic heterocycles. The molecule has 0 amide bonds. The van der Waals surface area contributed by atoms with Crippen molar-refractivity contribution in [2.45, 2.75) is 43.3 Å². The van der Waals surface area contributed by atoms with Crippen molar-refractivity contribution >= 4 is 0 Å². The Labute approximate surface area is 95.8 Å². The summed E-state index contributed by atoms with van der Waals surface area (Å²) >= 11 is 0. The molecule has 1 spiro atoms. The van der Waals surface area contributed by atoms with Gasteiger partial charge in [0.2, 0.25) is 0 Å². The number of hydrogen-bond donors (Lipinski definition) is 0. The average Bonchev–Trinajstić information content (AvgIpc) is 3.05. The second-order valence-corrected chi connectivity index (χ2v) is 4.79. The van der Waals surface area contributed by atoms with Gasteiger partial charge in [0.1, 0.15) is 5.60 Å². The standard InChI is InChI=1S/C14H15NO/c15-10-13-14(16-13)9-5-4-8-12(14)11-6-2-1-3-7-11/h1-3,6-7,12-13H,4-5,8-9H2. The largest absolute Gasteiger partial charge is 0.349 e. The van der Waals surface area contributed by atoms with Gasteiger partial charge in [-0.1, -0.05) is 43.2 Å². The van der Waals surface area contributed by atoms with E-state index in [9.17, 15) is 0 Å². The van der Waals surface area contributed by atoms with Gasteiger partial charge in [0, 0.05) is 5.92 Å². The van der Waals surface area contributed by atoms with E-state index in [2.05, 4.69) is 30.3 Å². The third-order valence-electron chi connectivity index (χ3n) is 3.94. The van der Waals surface area contributed by atoms with Gasteiger partial charge in [-0.2, -0.15) is 5.26 Å². The van der Waals surface area contributed by atoms with Gasteiger partial charge in [-0.3, -0.25) is 0 Å². The van der Waals surface area contributed by atoms with Crippen molar-refractivity contribution < 1.29 is 4.74 Å². The van der Waals surface area contributed by atoms with Crippen LogP contribution < -0.4 is 0 Å². The van der Waals surface area contributed by atoms with Crippen molar-refractivity contribution in [2.75, 3.05) is 0 Å². The summed E-state index contributed by atoms with van der Waals surface area (Å²) in [6.45, 7) is 0. The van der Waals surface area contributed by atoms with E-state index in [1.54, 1.807) is 0 Å². The summed E-state index contributed by atoms with van der Waals surface area (Å²) in [6, 6.07) is 12.8. The van der Waals surface area contributed by atoms with Crippen LogP contribution >= 0.6 is 0 Å². The fraction of sp³-hybridized carbons (Fsp3) is 0.500. The Kier molecular flexibility index (Phi) is 2.22. The number of nitriles is 1. The Balaban J connectivity index is 1.92. The third-order valence-corrected chi connectivity index (χ3v) is 3.94. The van der Waals surface area contributed by atoms with Crippen LogP contribution in [0.5, 0.6) is 0 Å². The number of hydrogen-bond acceptors (Lipinski definition) is 2. The highest BCUT2D eigenvalue weighted by Crippen LogP contribution is 2.55. The lowest BCUT2D eigenvalue weighted by Gasteiger charge is -2.29. The molecule has 2 aliphatic rings. The van der Waals surface area contributed by atoms with Gasteiger partial charge in [-0.25, -0.2) is 0 Å². The van der Waals surface area contributed by atoms with Gasteiger partial charge >= 0.3 is 0 Å². The van der Waals surface area contributed by atoms with Crippen LogP contribution in [0, 0.1) is 11.3 Å². The van der Waals surface area contributed by atoms with Gasteiger partial charge < -0.3 is 4.74 Å². The quantitative estimate of drug-likeness (QED) is 0.672. The summed E-state index contributed by atoms with van der Waals surface area (Å²) in [6.07, 6.45) is 4.48. The molecular weight excluding hydrogens is 198 g/mol. The first-order chi connectivity index (χ1) is 7.87. The van der Waals surface area contributed by atoms with Gasteiger partial charge in [0.25, 0.3) is 0 Å². The van der Waals surface area contributed by atoms with E-state index >= 15 is 0 Å². The SMILES string of the molecule is N#CC1OC12CCCCC2c1ccccc1. The molecule has 0 radical (unpaired) electrons. The van der Waals surface area contributed by atoms with E-state index in [0.717, 1.165) is 12.8 Å². The molecule has 1 aromatic carbocycles. The molecule has 16 heavy (non-hydrogen) atoms. The molecule has 2 fully saturated rings. The lowest BCUT2D eigenvalue weighted by molar-refractivity contribution is 0.205. The molecule has 1 heterocycles. The normalized spacial score (nSPS) is 36.9. The molecular formula is C14H15NO. The average molecular weight is 213 g/mol. The van der Waals surface area contributed by atoms with Crippen molar-refractivity contribution in [3.05, 3.63) is 35.9 Å². The maximum Gasteiger partial charge on any atom is 0.174 e. The zero-order chi connectivity index (χ0) is 11.0. The van der Waals surface area contributed by atoms with Gasteiger partial charge in [0.05, 0.1) is 6.07 Å². The van der Waals surface area contributed by atoms with Crippen molar-refractivity contribution in [3.63, 3.8) is 0 Å². The Morgan fingerprint density at radius 1 is 1.25 bits per heavy atom. The van der Waals surface area contributed by atoms with E-state index in [1.165, 1.54) is 18.4 Å². The fourth-order valence-corrected chi connectivity index (χ4v) is 3.08. The van der Waals surface area contributed by atoms with Crippen LogP contribution in [0.15, 0.2) is 30.3 Å². The molecule has 2 nitrogen and oxygen atoms in total. The second-order valence-electron chi connectivity index (χ2n) is 4.79. The Bertz CT molecular complexity index is 422. The van der Waals surface area contributed by atoms with E-state index in [-0.39, 0.29) is 11.7 Å². The number of epoxide rings is 1. The Morgan fingerprint density at radius 3 is 2.75 bits per heavy atom. The molecule has 1 aromatic rings. The summed E-state index contributed by atoms with van der Waals surface area (Å²) in [7, 11) is 0. The fourth-order valence-electron chi connectivity index (χ4n) is 3.08. The number of nitrogens with zero attached hydrogens (tertiary/aromatic N) is 1. The lowest BCUT2D eigenvalue weighted by Crippen LogP contribution is -2.28. The minimum Gasteiger partial charge on any atom is -0.349 e. The van der Waals surface area contributed by atoms with Gasteiger partial charge in [-0.15, -0.1) is 0 Å². The summed E-state index contributed by atoms with van der Waals surface area (Å²) in [5, 5.41) is 9.01. The van der Waals surface area contributed by atoms with Crippen LogP contribution in [0.4, 0.5) is 0 Å². The summed E-state index contributed by atoms with van der Waals surface area (Å²) in [4.78, 5) is 0. The van der Waals surface area contributed by atoms with Gasteiger partial charge in [0.15, 0.2) is 6.10 Å². The lowest BCUT2D eigenvalue weighted by atomic mass is 9.73. The topological polar surface area (TPSA) is 36.3 Å².